The van der Waals surface area contributed by atoms with Gasteiger partial charge >= 0.3 is 5.97 Å². The van der Waals surface area contributed by atoms with Crippen molar-refractivity contribution in [2.75, 3.05) is 19.8 Å². The highest BCUT2D eigenvalue weighted by molar-refractivity contribution is 5.94. The number of ether oxygens (including phenoxy) is 1. The smallest absolute Gasteiger partial charge is 0.308 e. The summed E-state index contributed by atoms with van der Waals surface area (Å²) in [5.41, 5.74) is 0.322. The molecule has 1 unspecified atom stereocenters. The van der Waals surface area contributed by atoms with Crippen LogP contribution in [0.15, 0.2) is 18.2 Å². The summed E-state index contributed by atoms with van der Waals surface area (Å²) in [7, 11) is 0. The Morgan fingerprint density at radius 1 is 1.41 bits per heavy atom. The van der Waals surface area contributed by atoms with Crippen molar-refractivity contribution in [3.8, 4) is 0 Å². The van der Waals surface area contributed by atoms with E-state index in [4.69, 9.17) is 4.74 Å². The molecular formula is C16H20FNO4. The number of hydrogen-bond donors (Lipinski definition) is 2. The number of hydrogen-bond acceptors (Lipinski definition) is 3. The zero-order valence-corrected chi connectivity index (χ0v) is 12.5. The number of amides is 1. The Kier molecular flexibility index (Phi) is 5.49. The summed E-state index contributed by atoms with van der Waals surface area (Å²) >= 11 is 0. The maximum atomic E-state index is 13.9. The molecule has 2 rings (SSSR count). The Morgan fingerprint density at radius 3 is 2.73 bits per heavy atom. The number of carboxylic acids is 1. The van der Waals surface area contributed by atoms with Crippen LogP contribution in [-0.2, 0) is 9.53 Å². The summed E-state index contributed by atoms with van der Waals surface area (Å²) in [5, 5.41) is 11.9. The molecular weight excluding hydrogens is 289 g/mol. The van der Waals surface area contributed by atoms with Crippen molar-refractivity contribution >= 4 is 11.9 Å². The van der Waals surface area contributed by atoms with Crippen LogP contribution < -0.4 is 5.32 Å². The second kappa shape index (κ2) is 7.35. The highest BCUT2D eigenvalue weighted by atomic mass is 19.1. The van der Waals surface area contributed by atoms with Crippen molar-refractivity contribution in [3.63, 3.8) is 0 Å². The van der Waals surface area contributed by atoms with Gasteiger partial charge in [0.15, 0.2) is 0 Å². The van der Waals surface area contributed by atoms with Crippen LogP contribution in [0.25, 0.3) is 0 Å². The Bertz CT molecular complexity index is 555. The van der Waals surface area contributed by atoms with E-state index in [-0.39, 0.29) is 18.0 Å². The van der Waals surface area contributed by atoms with Gasteiger partial charge in [-0.25, -0.2) is 4.39 Å². The minimum absolute atomic E-state index is 0.00772. The number of carbonyl (C=O) groups is 2. The molecule has 1 amide bonds. The lowest BCUT2D eigenvalue weighted by atomic mass is 9.86. The lowest BCUT2D eigenvalue weighted by molar-refractivity contribution is -0.144. The molecule has 1 aliphatic heterocycles. The molecule has 0 aliphatic carbocycles. The van der Waals surface area contributed by atoms with E-state index in [0.717, 1.165) is 0 Å². The highest BCUT2D eigenvalue weighted by Crippen LogP contribution is 2.24. The quantitative estimate of drug-likeness (QED) is 0.872. The predicted octanol–water partition coefficient (Wildman–Crippen LogP) is 1.99. The molecule has 1 aromatic rings. The number of aliphatic carboxylic acids is 1. The van der Waals surface area contributed by atoms with Crippen molar-refractivity contribution in [1.29, 1.82) is 0 Å². The molecule has 1 aromatic carbocycles. The molecule has 1 heterocycles. The summed E-state index contributed by atoms with van der Waals surface area (Å²) in [5.74, 6) is -2.82. The van der Waals surface area contributed by atoms with Gasteiger partial charge in [-0.2, -0.15) is 0 Å². The normalized spacial score (nSPS) is 17.0. The lowest BCUT2D eigenvalue weighted by Gasteiger charge is -2.27. The van der Waals surface area contributed by atoms with E-state index in [1.54, 1.807) is 19.1 Å². The summed E-state index contributed by atoms with van der Waals surface area (Å²) < 4.78 is 19.1. The van der Waals surface area contributed by atoms with Gasteiger partial charge in [0.25, 0.3) is 5.91 Å². The fourth-order valence-electron chi connectivity index (χ4n) is 2.69. The number of benzene rings is 1. The number of halogens is 1. The summed E-state index contributed by atoms with van der Waals surface area (Å²) in [6, 6.07) is 4.57. The molecule has 0 aromatic heterocycles. The van der Waals surface area contributed by atoms with Crippen LogP contribution >= 0.6 is 0 Å². The molecule has 0 spiro atoms. The minimum Gasteiger partial charge on any atom is -0.481 e. The molecule has 1 atom stereocenters. The topological polar surface area (TPSA) is 75.6 Å². The molecule has 0 radical (unpaired) electrons. The Hall–Kier alpha value is -1.95. The van der Waals surface area contributed by atoms with E-state index in [1.807, 2.05) is 0 Å². The van der Waals surface area contributed by atoms with Crippen LogP contribution in [0, 0.1) is 24.6 Å². The van der Waals surface area contributed by atoms with E-state index in [9.17, 15) is 19.1 Å². The second-order valence-corrected chi connectivity index (χ2v) is 5.54. The number of aryl methyl sites for hydroxylation is 1. The molecule has 0 bridgehead atoms. The molecule has 2 N–H and O–H groups in total. The van der Waals surface area contributed by atoms with Gasteiger partial charge in [-0.15, -0.1) is 0 Å². The van der Waals surface area contributed by atoms with Gasteiger partial charge in [0.05, 0.1) is 11.5 Å². The van der Waals surface area contributed by atoms with E-state index in [0.29, 0.717) is 31.6 Å². The average molecular weight is 309 g/mol. The number of carbonyl (C=O) groups excluding carboxylic acids is 1. The molecule has 5 nitrogen and oxygen atoms in total. The van der Waals surface area contributed by atoms with Crippen LogP contribution in [0.1, 0.15) is 28.8 Å². The fourth-order valence-corrected chi connectivity index (χ4v) is 2.69. The number of rotatable bonds is 5. The first-order chi connectivity index (χ1) is 10.5. The molecule has 22 heavy (non-hydrogen) atoms. The number of nitrogens with one attached hydrogen (secondary N) is 1. The van der Waals surface area contributed by atoms with Gasteiger partial charge < -0.3 is 15.2 Å². The van der Waals surface area contributed by atoms with Crippen LogP contribution in [-0.4, -0.2) is 36.7 Å². The number of carboxylic acid groups (broad SMARTS) is 1. The monoisotopic (exact) mass is 309 g/mol. The first-order valence-electron chi connectivity index (χ1n) is 7.34. The second-order valence-electron chi connectivity index (χ2n) is 5.54. The van der Waals surface area contributed by atoms with Crippen LogP contribution in [0.2, 0.25) is 0 Å². The van der Waals surface area contributed by atoms with Gasteiger partial charge in [0.2, 0.25) is 0 Å². The molecule has 1 aliphatic rings. The zero-order valence-electron chi connectivity index (χ0n) is 12.5. The van der Waals surface area contributed by atoms with Gasteiger partial charge in [0, 0.05) is 19.8 Å². The van der Waals surface area contributed by atoms with E-state index in [1.165, 1.54) is 6.07 Å². The first-order valence-corrected chi connectivity index (χ1v) is 7.34. The Balaban J connectivity index is 2.01. The first kappa shape index (κ1) is 16.4. The maximum Gasteiger partial charge on any atom is 0.308 e. The third-order valence-electron chi connectivity index (χ3n) is 4.07. The Morgan fingerprint density at radius 2 is 2.09 bits per heavy atom. The van der Waals surface area contributed by atoms with Crippen LogP contribution in [0.5, 0.6) is 0 Å². The minimum atomic E-state index is -0.947. The molecule has 1 saturated heterocycles. The van der Waals surface area contributed by atoms with Gasteiger partial charge in [-0.05, 0) is 37.3 Å². The molecule has 0 saturated carbocycles. The third-order valence-corrected chi connectivity index (χ3v) is 4.07. The highest BCUT2D eigenvalue weighted by Gasteiger charge is 2.30. The third kappa shape index (κ3) is 3.82. The summed E-state index contributed by atoms with van der Waals surface area (Å²) in [4.78, 5) is 23.5. The van der Waals surface area contributed by atoms with Gasteiger partial charge in [-0.3, -0.25) is 9.59 Å². The molecule has 1 fully saturated rings. The standard InChI is InChI=1S/C16H20FNO4/c1-10-3-2-4-12(14(10)17)15(19)18-9-13(16(20)21)11-5-7-22-8-6-11/h2-4,11,13H,5-9H2,1H3,(H,18,19)(H,20,21). The van der Waals surface area contributed by atoms with Gasteiger partial charge in [0.1, 0.15) is 5.82 Å². The molecule has 6 heteroatoms. The van der Waals surface area contributed by atoms with Crippen molar-refractivity contribution in [3.05, 3.63) is 35.1 Å². The summed E-state index contributed by atoms with van der Waals surface area (Å²) in [6.45, 7) is 2.64. The van der Waals surface area contributed by atoms with E-state index in [2.05, 4.69) is 5.32 Å². The predicted molar refractivity (Wildman–Crippen MR) is 78.1 cm³/mol. The SMILES string of the molecule is Cc1cccc(C(=O)NCC(C(=O)O)C2CCOCC2)c1F. The van der Waals surface area contributed by atoms with Crippen molar-refractivity contribution in [1.82, 2.24) is 5.32 Å². The largest absolute Gasteiger partial charge is 0.481 e. The van der Waals surface area contributed by atoms with Crippen LogP contribution in [0.3, 0.4) is 0 Å². The average Bonchev–Trinajstić information content (AvgIpc) is 2.50. The van der Waals surface area contributed by atoms with Gasteiger partial charge in [-0.1, -0.05) is 12.1 Å². The Labute approximate surface area is 128 Å². The van der Waals surface area contributed by atoms with E-state index >= 15 is 0 Å². The fraction of sp³-hybridized carbons (Fsp3) is 0.500. The summed E-state index contributed by atoms with van der Waals surface area (Å²) in [6.07, 6.45) is 1.32. The maximum absolute atomic E-state index is 13.9. The van der Waals surface area contributed by atoms with Crippen LogP contribution in [0.4, 0.5) is 4.39 Å². The lowest BCUT2D eigenvalue weighted by Crippen LogP contribution is -2.39. The van der Waals surface area contributed by atoms with Crippen molar-refractivity contribution < 1.29 is 23.8 Å². The zero-order chi connectivity index (χ0) is 16.1. The van der Waals surface area contributed by atoms with Crippen molar-refractivity contribution in [2.45, 2.75) is 19.8 Å². The molecule has 120 valence electrons. The van der Waals surface area contributed by atoms with Crippen molar-refractivity contribution in [2.24, 2.45) is 11.8 Å². The van der Waals surface area contributed by atoms with E-state index < -0.39 is 23.6 Å².